The average molecular weight is 266 g/mol. The molecule has 1 saturated carbocycles. The molecule has 0 radical (unpaired) electrons. The van der Waals surface area contributed by atoms with E-state index in [1.165, 1.54) is 18.4 Å². The molecule has 1 N–H and O–H groups in total. The van der Waals surface area contributed by atoms with Gasteiger partial charge in [-0.1, -0.05) is 12.1 Å². The molecule has 0 bridgehead atoms. The molecular formula is C13H18N2O2S. The van der Waals surface area contributed by atoms with Gasteiger partial charge in [-0.3, -0.25) is 0 Å². The van der Waals surface area contributed by atoms with E-state index in [-0.39, 0.29) is 0 Å². The Labute approximate surface area is 108 Å². The zero-order valence-electron chi connectivity index (χ0n) is 10.3. The molecule has 1 aromatic rings. The van der Waals surface area contributed by atoms with Crippen molar-refractivity contribution in [3.8, 4) is 0 Å². The summed E-state index contributed by atoms with van der Waals surface area (Å²) in [6.45, 7) is 2.60. The van der Waals surface area contributed by atoms with Crippen molar-refractivity contribution in [2.24, 2.45) is 0 Å². The molecule has 5 heteroatoms. The fourth-order valence-electron chi connectivity index (χ4n) is 2.36. The molecule has 98 valence electrons. The predicted octanol–water partition coefficient (Wildman–Crippen LogP) is 1.16. The minimum absolute atomic E-state index is 0.425. The number of sulfonamides is 1. The number of nitrogens with one attached hydrogen (secondary N) is 1. The maximum Gasteiger partial charge on any atom is 0.243 e. The number of rotatable bonds is 3. The molecule has 18 heavy (non-hydrogen) atoms. The summed E-state index contributed by atoms with van der Waals surface area (Å²) in [5.41, 5.74) is 1.27. The molecule has 1 heterocycles. The van der Waals surface area contributed by atoms with E-state index in [1.807, 2.05) is 12.1 Å². The Hall–Kier alpha value is -0.910. The van der Waals surface area contributed by atoms with Crippen molar-refractivity contribution in [3.63, 3.8) is 0 Å². The number of hydrogen-bond acceptors (Lipinski definition) is 3. The summed E-state index contributed by atoms with van der Waals surface area (Å²) in [4.78, 5) is 0.425. The van der Waals surface area contributed by atoms with Crippen LogP contribution in [0.25, 0.3) is 0 Å². The summed E-state index contributed by atoms with van der Waals surface area (Å²) in [6.07, 6.45) is 2.48. The van der Waals surface area contributed by atoms with Crippen LogP contribution >= 0.6 is 0 Å². The normalized spacial score (nSPS) is 22.0. The van der Waals surface area contributed by atoms with Crippen molar-refractivity contribution in [1.29, 1.82) is 0 Å². The Morgan fingerprint density at radius 3 is 2.22 bits per heavy atom. The van der Waals surface area contributed by atoms with Crippen LogP contribution in [0.2, 0.25) is 0 Å². The number of benzene rings is 1. The van der Waals surface area contributed by atoms with Gasteiger partial charge >= 0.3 is 0 Å². The minimum atomic E-state index is -3.29. The van der Waals surface area contributed by atoms with Crippen LogP contribution in [0.3, 0.4) is 0 Å². The van der Waals surface area contributed by atoms with Gasteiger partial charge in [0.2, 0.25) is 10.0 Å². The maximum absolute atomic E-state index is 12.4. The second-order valence-electron chi connectivity index (χ2n) is 5.00. The highest BCUT2D eigenvalue weighted by atomic mass is 32.2. The van der Waals surface area contributed by atoms with Gasteiger partial charge in [-0.25, -0.2) is 8.42 Å². The van der Waals surface area contributed by atoms with Crippen molar-refractivity contribution in [2.45, 2.75) is 23.7 Å². The molecule has 0 unspecified atom stereocenters. The van der Waals surface area contributed by atoms with Crippen LogP contribution in [0.15, 0.2) is 29.2 Å². The monoisotopic (exact) mass is 266 g/mol. The Bertz CT molecular complexity index is 514. The number of piperazine rings is 1. The summed E-state index contributed by atoms with van der Waals surface area (Å²) in [5, 5.41) is 3.16. The Morgan fingerprint density at radius 1 is 1.06 bits per heavy atom. The maximum atomic E-state index is 12.4. The molecule has 1 aliphatic carbocycles. The minimum Gasteiger partial charge on any atom is -0.314 e. The summed E-state index contributed by atoms with van der Waals surface area (Å²) < 4.78 is 26.3. The molecule has 0 spiro atoms. The third-order valence-corrected chi connectivity index (χ3v) is 5.56. The van der Waals surface area contributed by atoms with Gasteiger partial charge in [0, 0.05) is 26.2 Å². The summed E-state index contributed by atoms with van der Waals surface area (Å²) >= 11 is 0. The van der Waals surface area contributed by atoms with E-state index in [4.69, 9.17) is 0 Å². The fourth-order valence-corrected chi connectivity index (χ4v) is 3.80. The van der Waals surface area contributed by atoms with Crippen molar-refractivity contribution in [3.05, 3.63) is 29.8 Å². The van der Waals surface area contributed by atoms with E-state index >= 15 is 0 Å². The molecule has 4 nitrogen and oxygen atoms in total. The van der Waals surface area contributed by atoms with E-state index in [1.54, 1.807) is 16.4 Å². The van der Waals surface area contributed by atoms with Gasteiger partial charge in [0.15, 0.2) is 0 Å². The molecule has 0 amide bonds. The molecule has 0 atom stereocenters. The molecule has 1 aliphatic heterocycles. The third kappa shape index (κ3) is 2.30. The zero-order chi connectivity index (χ0) is 12.6. The van der Waals surface area contributed by atoms with E-state index in [2.05, 4.69) is 5.32 Å². The lowest BCUT2D eigenvalue weighted by molar-refractivity contribution is 0.360. The van der Waals surface area contributed by atoms with Gasteiger partial charge in [0.1, 0.15) is 0 Å². The van der Waals surface area contributed by atoms with Crippen LogP contribution in [-0.2, 0) is 10.0 Å². The van der Waals surface area contributed by atoms with E-state index in [0.29, 0.717) is 23.9 Å². The second-order valence-corrected chi connectivity index (χ2v) is 6.94. The van der Waals surface area contributed by atoms with Gasteiger partial charge < -0.3 is 5.32 Å². The highest BCUT2D eigenvalue weighted by Crippen LogP contribution is 2.40. The van der Waals surface area contributed by atoms with Crippen molar-refractivity contribution < 1.29 is 8.42 Å². The van der Waals surface area contributed by atoms with Gasteiger partial charge in [-0.15, -0.1) is 0 Å². The summed E-state index contributed by atoms with van der Waals surface area (Å²) in [7, 11) is -3.29. The zero-order valence-corrected chi connectivity index (χ0v) is 11.1. The molecular weight excluding hydrogens is 248 g/mol. The lowest BCUT2D eigenvalue weighted by atomic mass is 10.1. The SMILES string of the molecule is O=S(=O)(c1ccc(C2CC2)cc1)N1CCNCC1. The molecule has 1 aromatic carbocycles. The van der Waals surface area contributed by atoms with Crippen molar-refractivity contribution in [1.82, 2.24) is 9.62 Å². The van der Waals surface area contributed by atoms with Crippen LogP contribution < -0.4 is 5.32 Å². The summed E-state index contributed by atoms with van der Waals surface area (Å²) in [5.74, 6) is 0.668. The Balaban J connectivity index is 1.83. The van der Waals surface area contributed by atoms with E-state index in [9.17, 15) is 8.42 Å². The van der Waals surface area contributed by atoms with Crippen LogP contribution in [0, 0.1) is 0 Å². The fraction of sp³-hybridized carbons (Fsp3) is 0.538. The van der Waals surface area contributed by atoms with E-state index in [0.717, 1.165) is 13.1 Å². The molecule has 0 aromatic heterocycles. The largest absolute Gasteiger partial charge is 0.314 e. The van der Waals surface area contributed by atoms with Crippen molar-refractivity contribution in [2.75, 3.05) is 26.2 Å². The third-order valence-electron chi connectivity index (χ3n) is 3.64. The quantitative estimate of drug-likeness (QED) is 0.893. The Morgan fingerprint density at radius 2 is 1.67 bits per heavy atom. The molecule has 2 fully saturated rings. The van der Waals surface area contributed by atoms with Crippen LogP contribution in [0.1, 0.15) is 24.3 Å². The smallest absolute Gasteiger partial charge is 0.243 e. The highest BCUT2D eigenvalue weighted by molar-refractivity contribution is 7.89. The summed E-state index contributed by atoms with van der Waals surface area (Å²) in [6, 6.07) is 7.44. The van der Waals surface area contributed by atoms with Crippen molar-refractivity contribution >= 4 is 10.0 Å². The molecule has 3 rings (SSSR count). The van der Waals surface area contributed by atoms with Crippen LogP contribution in [0.4, 0.5) is 0 Å². The second kappa shape index (κ2) is 4.64. The first-order valence-electron chi connectivity index (χ1n) is 6.49. The standard InChI is InChI=1S/C13H18N2O2S/c16-18(17,15-9-7-14-8-10-15)13-5-3-12(4-6-13)11-1-2-11/h3-6,11,14H,1-2,7-10H2. The first kappa shape index (κ1) is 12.1. The van der Waals surface area contributed by atoms with Crippen LogP contribution in [0.5, 0.6) is 0 Å². The van der Waals surface area contributed by atoms with Gasteiger partial charge in [-0.05, 0) is 36.5 Å². The van der Waals surface area contributed by atoms with Gasteiger partial charge in [0.25, 0.3) is 0 Å². The predicted molar refractivity (Wildman–Crippen MR) is 70.0 cm³/mol. The Kier molecular flexibility index (Phi) is 3.13. The topological polar surface area (TPSA) is 49.4 Å². The molecule has 1 saturated heterocycles. The number of hydrogen-bond donors (Lipinski definition) is 1. The van der Waals surface area contributed by atoms with Gasteiger partial charge in [-0.2, -0.15) is 4.31 Å². The first-order chi connectivity index (χ1) is 8.68. The lowest BCUT2D eigenvalue weighted by Crippen LogP contribution is -2.46. The van der Waals surface area contributed by atoms with E-state index < -0.39 is 10.0 Å². The average Bonchev–Trinajstić information content (AvgIpc) is 3.24. The lowest BCUT2D eigenvalue weighted by Gasteiger charge is -2.26. The van der Waals surface area contributed by atoms with Crippen LogP contribution in [-0.4, -0.2) is 38.9 Å². The highest BCUT2D eigenvalue weighted by Gasteiger charge is 2.27. The molecule has 2 aliphatic rings. The number of nitrogens with zero attached hydrogens (tertiary/aromatic N) is 1. The van der Waals surface area contributed by atoms with Gasteiger partial charge in [0.05, 0.1) is 4.90 Å². The first-order valence-corrected chi connectivity index (χ1v) is 7.93.